The molecule has 2 aromatic carbocycles. The van der Waals surface area contributed by atoms with Gasteiger partial charge < -0.3 is 5.32 Å². The van der Waals surface area contributed by atoms with Crippen LogP contribution in [-0.2, 0) is 11.2 Å². The fourth-order valence-electron chi connectivity index (χ4n) is 2.87. The molecule has 4 rings (SSSR count). The van der Waals surface area contributed by atoms with Gasteiger partial charge in [0.25, 0.3) is 0 Å². The second kappa shape index (κ2) is 8.99. The number of aromatic nitrogens is 2. The molecule has 2 heterocycles. The largest absolute Gasteiger partial charge is 0.355 e. The van der Waals surface area contributed by atoms with Crippen molar-refractivity contribution >= 4 is 39.2 Å². The van der Waals surface area contributed by atoms with Gasteiger partial charge in [0.2, 0.25) is 5.91 Å². The smallest absolute Gasteiger partial charge is 0.230 e. The van der Waals surface area contributed by atoms with Crippen LogP contribution in [0.3, 0.4) is 0 Å². The Labute approximate surface area is 172 Å². The highest BCUT2D eigenvalue weighted by Gasteiger charge is 2.12. The Kier molecular flexibility index (Phi) is 5.99. The number of thioether (sulfide) groups is 1. The van der Waals surface area contributed by atoms with Crippen LogP contribution in [0.5, 0.6) is 0 Å². The summed E-state index contributed by atoms with van der Waals surface area (Å²) in [5.74, 6) is 0.364. The van der Waals surface area contributed by atoms with Crippen LogP contribution in [0.15, 0.2) is 78.1 Å². The minimum atomic E-state index is 0.0196. The first-order valence-corrected chi connectivity index (χ1v) is 10.8. The lowest BCUT2D eigenvalue weighted by molar-refractivity contribution is -0.118. The van der Waals surface area contributed by atoms with Crippen molar-refractivity contribution < 1.29 is 4.79 Å². The first-order chi connectivity index (χ1) is 13.8. The summed E-state index contributed by atoms with van der Waals surface area (Å²) in [5, 5.41) is 4.84. The van der Waals surface area contributed by atoms with Crippen molar-refractivity contribution in [3.63, 3.8) is 0 Å². The van der Waals surface area contributed by atoms with Gasteiger partial charge in [-0.05, 0) is 23.6 Å². The number of rotatable bonds is 7. The van der Waals surface area contributed by atoms with Crippen LogP contribution >= 0.6 is 23.1 Å². The summed E-state index contributed by atoms with van der Waals surface area (Å²) in [6, 6.07) is 22.5. The normalized spacial score (nSPS) is 10.9. The molecule has 0 saturated carbocycles. The van der Waals surface area contributed by atoms with Gasteiger partial charge in [0.1, 0.15) is 16.2 Å². The lowest BCUT2D eigenvalue weighted by Crippen LogP contribution is -2.27. The Morgan fingerprint density at radius 1 is 1.00 bits per heavy atom. The fourth-order valence-corrected chi connectivity index (χ4v) is 4.74. The van der Waals surface area contributed by atoms with E-state index in [4.69, 9.17) is 0 Å². The maximum absolute atomic E-state index is 12.2. The van der Waals surface area contributed by atoms with Crippen molar-refractivity contribution in [3.8, 4) is 10.4 Å². The van der Waals surface area contributed by atoms with Crippen LogP contribution in [0.2, 0.25) is 0 Å². The Morgan fingerprint density at radius 3 is 2.54 bits per heavy atom. The summed E-state index contributed by atoms with van der Waals surface area (Å²) in [6.07, 6.45) is 2.41. The van der Waals surface area contributed by atoms with Gasteiger partial charge >= 0.3 is 0 Å². The summed E-state index contributed by atoms with van der Waals surface area (Å²) < 4.78 is 0. The Morgan fingerprint density at radius 2 is 1.75 bits per heavy atom. The summed E-state index contributed by atoms with van der Waals surface area (Å²) in [7, 11) is 0. The van der Waals surface area contributed by atoms with Gasteiger partial charge in [-0.3, -0.25) is 4.79 Å². The van der Waals surface area contributed by atoms with E-state index in [1.54, 1.807) is 17.7 Å². The van der Waals surface area contributed by atoms with Crippen molar-refractivity contribution in [3.05, 3.63) is 78.6 Å². The summed E-state index contributed by atoms with van der Waals surface area (Å²) in [6.45, 7) is 0.638. The van der Waals surface area contributed by atoms with E-state index in [0.29, 0.717) is 12.3 Å². The zero-order chi connectivity index (χ0) is 19.2. The number of benzene rings is 2. The maximum atomic E-state index is 12.2. The monoisotopic (exact) mass is 405 g/mol. The second-order valence-corrected chi connectivity index (χ2v) is 8.24. The average Bonchev–Trinajstić information content (AvgIpc) is 3.19. The minimum Gasteiger partial charge on any atom is -0.355 e. The molecular formula is C22H19N3OS2. The van der Waals surface area contributed by atoms with Gasteiger partial charge in [-0.25, -0.2) is 9.97 Å². The Hall–Kier alpha value is -2.70. The van der Waals surface area contributed by atoms with Crippen LogP contribution in [-0.4, -0.2) is 28.2 Å². The van der Waals surface area contributed by atoms with Crippen molar-refractivity contribution in [1.82, 2.24) is 15.3 Å². The summed E-state index contributed by atoms with van der Waals surface area (Å²) in [4.78, 5) is 23.1. The highest BCUT2D eigenvalue weighted by molar-refractivity contribution is 8.00. The number of carbonyl (C=O) groups excluding carboxylic acids is 1. The third-order valence-electron chi connectivity index (χ3n) is 4.27. The number of amides is 1. The predicted molar refractivity (Wildman–Crippen MR) is 117 cm³/mol. The molecule has 2 aromatic heterocycles. The molecule has 4 aromatic rings. The topological polar surface area (TPSA) is 54.9 Å². The molecule has 6 heteroatoms. The zero-order valence-corrected chi connectivity index (χ0v) is 16.8. The van der Waals surface area contributed by atoms with E-state index >= 15 is 0 Å². The van der Waals surface area contributed by atoms with Crippen molar-refractivity contribution in [2.45, 2.75) is 11.4 Å². The number of carbonyl (C=O) groups is 1. The molecule has 0 aliphatic carbocycles. The fraction of sp³-hybridized carbons (Fsp3) is 0.136. The van der Waals surface area contributed by atoms with Crippen molar-refractivity contribution in [2.75, 3.05) is 12.3 Å². The van der Waals surface area contributed by atoms with E-state index < -0.39 is 0 Å². The number of hydrogen-bond donors (Lipinski definition) is 1. The van der Waals surface area contributed by atoms with E-state index in [9.17, 15) is 4.79 Å². The van der Waals surface area contributed by atoms with Crippen LogP contribution in [0.4, 0.5) is 0 Å². The Balaban J connectivity index is 1.38. The van der Waals surface area contributed by atoms with Crippen LogP contribution in [0.1, 0.15) is 5.56 Å². The van der Waals surface area contributed by atoms with Gasteiger partial charge in [-0.15, -0.1) is 11.3 Å². The maximum Gasteiger partial charge on any atom is 0.230 e. The van der Waals surface area contributed by atoms with Crippen molar-refractivity contribution in [2.24, 2.45) is 0 Å². The number of fused-ring (bicyclic) bond motifs is 1. The number of nitrogens with one attached hydrogen (secondary N) is 1. The molecule has 4 nitrogen and oxygen atoms in total. The standard InChI is InChI=1S/C22H19N3OS2/c26-20(23-12-11-16-7-3-1-4-8-16)14-27-21-18-13-19(17-9-5-2-6-10-17)28-22(18)25-15-24-21/h1-10,13,15H,11-12,14H2,(H,23,26). The molecule has 0 aliphatic heterocycles. The lowest BCUT2D eigenvalue weighted by Gasteiger charge is -2.05. The SMILES string of the molecule is O=C(CSc1ncnc2sc(-c3ccccc3)cc12)NCCc1ccccc1. The van der Waals surface area contributed by atoms with Gasteiger partial charge in [0.05, 0.1) is 5.75 Å². The van der Waals surface area contributed by atoms with E-state index in [2.05, 4.69) is 45.6 Å². The number of hydrogen-bond acceptors (Lipinski definition) is 5. The highest BCUT2D eigenvalue weighted by atomic mass is 32.2. The zero-order valence-electron chi connectivity index (χ0n) is 15.2. The highest BCUT2D eigenvalue weighted by Crippen LogP contribution is 2.35. The van der Waals surface area contributed by atoms with Crippen molar-refractivity contribution in [1.29, 1.82) is 0 Å². The molecule has 1 N–H and O–H groups in total. The van der Waals surface area contributed by atoms with Crippen LogP contribution < -0.4 is 5.32 Å². The molecule has 0 atom stereocenters. The predicted octanol–water partition coefficient (Wildman–Crippen LogP) is 4.81. The van der Waals surface area contributed by atoms with Crippen LogP contribution in [0.25, 0.3) is 20.7 Å². The molecule has 0 bridgehead atoms. The molecule has 0 unspecified atom stereocenters. The quantitative estimate of drug-likeness (QED) is 0.354. The molecule has 1 amide bonds. The third-order valence-corrected chi connectivity index (χ3v) is 6.37. The summed E-state index contributed by atoms with van der Waals surface area (Å²) >= 11 is 3.10. The van der Waals surface area contributed by atoms with Crippen LogP contribution in [0, 0.1) is 0 Å². The average molecular weight is 406 g/mol. The van der Waals surface area contributed by atoms with E-state index in [1.807, 2.05) is 36.4 Å². The molecule has 140 valence electrons. The first kappa shape index (κ1) is 18.7. The number of thiophene rings is 1. The van der Waals surface area contributed by atoms with E-state index in [0.717, 1.165) is 26.5 Å². The molecule has 0 saturated heterocycles. The molecule has 0 radical (unpaired) electrons. The van der Waals surface area contributed by atoms with E-state index in [1.165, 1.54) is 22.9 Å². The third kappa shape index (κ3) is 4.58. The minimum absolute atomic E-state index is 0.0196. The molecule has 28 heavy (non-hydrogen) atoms. The van der Waals surface area contributed by atoms with Gasteiger partial charge in [0, 0.05) is 16.8 Å². The molecule has 0 aliphatic rings. The van der Waals surface area contributed by atoms with Gasteiger partial charge in [-0.1, -0.05) is 72.4 Å². The molecular weight excluding hydrogens is 386 g/mol. The molecule has 0 fully saturated rings. The lowest BCUT2D eigenvalue weighted by atomic mass is 10.1. The number of nitrogens with zero attached hydrogens (tertiary/aromatic N) is 2. The van der Waals surface area contributed by atoms with E-state index in [-0.39, 0.29) is 5.91 Å². The molecule has 0 spiro atoms. The van der Waals surface area contributed by atoms with Gasteiger partial charge in [0.15, 0.2) is 0 Å². The second-order valence-electron chi connectivity index (χ2n) is 6.25. The van der Waals surface area contributed by atoms with Gasteiger partial charge in [-0.2, -0.15) is 0 Å². The summed E-state index contributed by atoms with van der Waals surface area (Å²) in [5.41, 5.74) is 2.39. The first-order valence-electron chi connectivity index (χ1n) is 9.03. The Bertz CT molecular complexity index is 1070.